The minimum atomic E-state index is -0.770. The molecule has 1 aliphatic carbocycles. The maximum Gasteiger partial charge on any atom is 0.115 e. The van der Waals surface area contributed by atoms with Gasteiger partial charge in [0.2, 0.25) is 0 Å². The Balaban J connectivity index is 1.58. The molecular formula is C20H25NO2S. The van der Waals surface area contributed by atoms with E-state index in [2.05, 4.69) is 17.4 Å². The third kappa shape index (κ3) is 4.84. The van der Waals surface area contributed by atoms with Gasteiger partial charge < -0.3 is 10.4 Å². The number of nitrogens with one attached hydrogen (secondary N) is 1. The first-order chi connectivity index (χ1) is 11.7. The molecule has 0 spiro atoms. The van der Waals surface area contributed by atoms with Crippen LogP contribution in [-0.2, 0) is 23.1 Å². The molecule has 1 fully saturated rings. The molecule has 1 unspecified atom stereocenters. The molecule has 0 aromatic heterocycles. The third-order valence-electron chi connectivity index (χ3n) is 4.57. The highest BCUT2D eigenvalue weighted by molar-refractivity contribution is 7.84. The molecule has 0 heterocycles. The van der Waals surface area contributed by atoms with E-state index in [1.165, 1.54) is 19.3 Å². The molecule has 1 atom stereocenters. The fraction of sp³-hybridized carbons (Fsp3) is 0.400. The lowest BCUT2D eigenvalue weighted by Crippen LogP contribution is -2.19. The number of anilines is 1. The maximum atomic E-state index is 12.6. The summed E-state index contributed by atoms with van der Waals surface area (Å²) in [7, 11) is -0.770. The van der Waals surface area contributed by atoms with Crippen molar-refractivity contribution in [1.29, 1.82) is 0 Å². The highest BCUT2D eigenvalue weighted by Gasteiger charge is 2.19. The second kappa shape index (κ2) is 8.34. The Labute approximate surface area is 146 Å². The van der Waals surface area contributed by atoms with E-state index in [1.807, 2.05) is 24.3 Å². The molecule has 2 aromatic carbocycles. The molecule has 3 nitrogen and oxygen atoms in total. The molecule has 0 amide bonds. The third-order valence-corrected chi connectivity index (χ3v) is 6.40. The van der Waals surface area contributed by atoms with Gasteiger partial charge in [0.1, 0.15) is 5.75 Å². The molecule has 2 aromatic rings. The molecule has 1 saturated carbocycles. The van der Waals surface area contributed by atoms with E-state index in [1.54, 1.807) is 12.1 Å². The van der Waals surface area contributed by atoms with Crippen molar-refractivity contribution in [2.75, 3.05) is 5.32 Å². The predicted octanol–water partition coefficient (Wildman–Crippen LogP) is 4.59. The molecule has 4 heteroatoms. The summed E-state index contributed by atoms with van der Waals surface area (Å²) < 4.78 is 12.6. The van der Waals surface area contributed by atoms with E-state index < -0.39 is 10.8 Å². The smallest absolute Gasteiger partial charge is 0.115 e. The Bertz CT molecular complexity index is 696. The van der Waals surface area contributed by atoms with Gasteiger partial charge in [-0.2, -0.15) is 0 Å². The molecule has 2 N–H and O–H groups in total. The first-order valence-electron chi connectivity index (χ1n) is 8.68. The topological polar surface area (TPSA) is 49.3 Å². The lowest BCUT2D eigenvalue weighted by molar-refractivity contribution is 0.474. The van der Waals surface area contributed by atoms with Crippen LogP contribution < -0.4 is 5.32 Å². The van der Waals surface area contributed by atoms with E-state index in [-0.39, 0.29) is 5.75 Å². The van der Waals surface area contributed by atoms with E-state index in [4.69, 9.17) is 0 Å². The number of hydrogen-bond donors (Lipinski definition) is 2. The largest absolute Gasteiger partial charge is 0.508 e. The first-order valence-corrected chi connectivity index (χ1v) is 10.1. The summed E-state index contributed by atoms with van der Waals surface area (Å²) >= 11 is 0. The SMILES string of the molecule is O=S(Cc1cccc(NCc2cccc(O)c2)c1)C1CCCCC1. The zero-order chi connectivity index (χ0) is 16.8. The van der Waals surface area contributed by atoms with Gasteiger partial charge in [-0.15, -0.1) is 0 Å². The van der Waals surface area contributed by atoms with E-state index in [0.29, 0.717) is 17.5 Å². The highest BCUT2D eigenvalue weighted by Crippen LogP contribution is 2.24. The molecule has 128 valence electrons. The summed E-state index contributed by atoms with van der Waals surface area (Å²) in [6.07, 6.45) is 5.97. The van der Waals surface area contributed by atoms with Crippen molar-refractivity contribution in [3.8, 4) is 5.75 Å². The quantitative estimate of drug-likeness (QED) is 0.807. The molecule has 24 heavy (non-hydrogen) atoms. The molecule has 0 aliphatic heterocycles. The van der Waals surface area contributed by atoms with Crippen molar-refractivity contribution in [2.45, 2.75) is 49.7 Å². The first kappa shape index (κ1) is 17.0. The van der Waals surface area contributed by atoms with Crippen LogP contribution in [0.2, 0.25) is 0 Å². The van der Waals surface area contributed by atoms with Crippen molar-refractivity contribution in [1.82, 2.24) is 0 Å². The Hall–Kier alpha value is -1.81. The fourth-order valence-electron chi connectivity index (χ4n) is 3.25. The van der Waals surface area contributed by atoms with Crippen LogP contribution in [0, 0.1) is 0 Å². The van der Waals surface area contributed by atoms with Crippen molar-refractivity contribution >= 4 is 16.5 Å². The fourth-order valence-corrected chi connectivity index (χ4v) is 4.85. The van der Waals surface area contributed by atoms with Gasteiger partial charge in [0.05, 0.1) is 0 Å². The lowest BCUT2D eigenvalue weighted by atomic mass is 10.0. The van der Waals surface area contributed by atoms with Crippen LogP contribution in [0.5, 0.6) is 5.75 Å². The average molecular weight is 343 g/mol. The number of benzene rings is 2. The highest BCUT2D eigenvalue weighted by atomic mass is 32.2. The van der Waals surface area contributed by atoms with Crippen molar-refractivity contribution in [2.24, 2.45) is 0 Å². The zero-order valence-corrected chi connectivity index (χ0v) is 14.7. The summed E-state index contributed by atoms with van der Waals surface area (Å²) in [6, 6.07) is 15.4. The Morgan fingerprint density at radius 2 is 1.75 bits per heavy atom. The van der Waals surface area contributed by atoms with Gasteiger partial charge in [-0.3, -0.25) is 4.21 Å². The number of aromatic hydroxyl groups is 1. The number of phenolic OH excluding ortho intramolecular Hbond substituents is 1. The number of hydrogen-bond acceptors (Lipinski definition) is 3. The van der Waals surface area contributed by atoms with Crippen LogP contribution >= 0.6 is 0 Å². The molecule has 0 saturated heterocycles. The minimum Gasteiger partial charge on any atom is -0.508 e. The summed E-state index contributed by atoms with van der Waals surface area (Å²) in [5.41, 5.74) is 3.18. The number of rotatable bonds is 6. The van der Waals surface area contributed by atoms with Crippen molar-refractivity contribution in [3.63, 3.8) is 0 Å². The summed E-state index contributed by atoms with van der Waals surface area (Å²) in [6.45, 7) is 0.656. The van der Waals surface area contributed by atoms with Gasteiger partial charge in [0, 0.05) is 34.0 Å². The summed E-state index contributed by atoms with van der Waals surface area (Å²) in [5.74, 6) is 0.928. The van der Waals surface area contributed by atoms with Crippen LogP contribution in [-0.4, -0.2) is 14.6 Å². The van der Waals surface area contributed by atoms with E-state index >= 15 is 0 Å². The van der Waals surface area contributed by atoms with Gasteiger partial charge in [-0.1, -0.05) is 43.5 Å². The zero-order valence-electron chi connectivity index (χ0n) is 13.9. The van der Waals surface area contributed by atoms with Gasteiger partial charge in [0.25, 0.3) is 0 Å². The molecule has 0 radical (unpaired) electrons. The Morgan fingerprint density at radius 3 is 2.54 bits per heavy atom. The summed E-state index contributed by atoms with van der Waals surface area (Å²) in [5, 5.41) is 13.3. The molecule has 1 aliphatic rings. The Kier molecular flexibility index (Phi) is 5.91. The van der Waals surface area contributed by atoms with Crippen LogP contribution in [0.4, 0.5) is 5.69 Å². The summed E-state index contributed by atoms with van der Waals surface area (Å²) in [4.78, 5) is 0. The van der Waals surface area contributed by atoms with Gasteiger partial charge in [-0.05, 0) is 48.2 Å². The second-order valence-electron chi connectivity index (χ2n) is 6.51. The predicted molar refractivity (Wildman–Crippen MR) is 101 cm³/mol. The average Bonchev–Trinajstić information content (AvgIpc) is 2.61. The van der Waals surface area contributed by atoms with E-state index in [0.717, 1.165) is 29.7 Å². The molecular weight excluding hydrogens is 318 g/mol. The van der Waals surface area contributed by atoms with Crippen LogP contribution in [0.3, 0.4) is 0 Å². The number of phenols is 1. The van der Waals surface area contributed by atoms with Gasteiger partial charge in [0.15, 0.2) is 0 Å². The standard InChI is InChI=1S/C20H25NO2S/c22-19-9-5-6-16(13-19)14-21-18-8-4-7-17(12-18)15-24(23)20-10-2-1-3-11-20/h4-9,12-13,20-22H,1-3,10-11,14-15H2. The van der Waals surface area contributed by atoms with Gasteiger partial charge in [-0.25, -0.2) is 0 Å². The lowest BCUT2D eigenvalue weighted by Gasteiger charge is -2.21. The van der Waals surface area contributed by atoms with Crippen molar-refractivity contribution < 1.29 is 9.32 Å². The molecule has 0 bridgehead atoms. The maximum absolute atomic E-state index is 12.6. The normalized spacial score (nSPS) is 16.7. The van der Waals surface area contributed by atoms with Crippen LogP contribution in [0.25, 0.3) is 0 Å². The minimum absolute atomic E-state index is 0.283. The second-order valence-corrected chi connectivity index (χ2v) is 8.23. The van der Waals surface area contributed by atoms with Crippen LogP contribution in [0.15, 0.2) is 48.5 Å². The molecule has 3 rings (SSSR count). The van der Waals surface area contributed by atoms with E-state index in [9.17, 15) is 9.32 Å². The Morgan fingerprint density at radius 1 is 1.00 bits per heavy atom. The van der Waals surface area contributed by atoms with Gasteiger partial charge >= 0.3 is 0 Å². The van der Waals surface area contributed by atoms with Crippen LogP contribution in [0.1, 0.15) is 43.2 Å². The monoisotopic (exact) mass is 343 g/mol. The van der Waals surface area contributed by atoms with Crippen molar-refractivity contribution in [3.05, 3.63) is 59.7 Å².